The van der Waals surface area contributed by atoms with Gasteiger partial charge in [-0.05, 0) is 58.2 Å². The molecule has 1 atom stereocenters. The van der Waals surface area contributed by atoms with Crippen LogP contribution in [0.5, 0.6) is 0 Å². The minimum atomic E-state index is -0.605. The molecule has 2 rings (SSSR count). The first-order valence-corrected chi connectivity index (χ1v) is 7.79. The molecule has 0 aliphatic carbocycles. The lowest BCUT2D eigenvalue weighted by atomic mass is 9.94. The Labute approximate surface area is 127 Å². The van der Waals surface area contributed by atoms with Crippen LogP contribution >= 0.6 is 0 Å². The zero-order chi connectivity index (χ0) is 15.5. The third-order valence-corrected chi connectivity index (χ3v) is 4.65. The zero-order valence-corrected chi connectivity index (χ0v) is 13.4. The maximum absolute atomic E-state index is 11.5. The van der Waals surface area contributed by atoms with Crippen LogP contribution in [0.3, 0.4) is 0 Å². The van der Waals surface area contributed by atoms with Crippen molar-refractivity contribution in [2.75, 3.05) is 25.0 Å². The van der Waals surface area contributed by atoms with Crippen LogP contribution < -0.4 is 16.0 Å². The van der Waals surface area contributed by atoms with Crippen molar-refractivity contribution in [2.45, 2.75) is 45.1 Å². The Morgan fingerprint density at radius 3 is 2.90 bits per heavy atom. The van der Waals surface area contributed by atoms with E-state index in [-0.39, 0.29) is 5.91 Å². The van der Waals surface area contributed by atoms with Gasteiger partial charge in [-0.2, -0.15) is 0 Å². The summed E-state index contributed by atoms with van der Waals surface area (Å²) in [5, 5.41) is 3.05. The van der Waals surface area contributed by atoms with Crippen molar-refractivity contribution in [3.05, 3.63) is 29.3 Å². The van der Waals surface area contributed by atoms with Gasteiger partial charge in [0.2, 0.25) is 5.91 Å². The number of nitrogens with zero attached hydrogens (tertiary/aromatic N) is 1. The molecule has 4 heteroatoms. The van der Waals surface area contributed by atoms with E-state index in [0.717, 1.165) is 25.9 Å². The summed E-state index contributed by atoms with van der Waals surface area (Å²) in [4.78, 5) is 14.0. The van der Waals surface area contributed by atoms with E-state index < -0.39 is 5.54 Å². The molecule has 0 spiro atoms. The molecule has 3 N–H and O–H groups in total. The fraction of sp³-hybridized carbons (Fsp3) is 0.588. The number of carbonyl (C=O) groups excluding carboxylic acids is 1. The molecular weight excluding hydrogens is 262 g/mol. The molecule has 0 saturated carbocycles. The number of hydrogen-bond donors (Lipinski definition) is 2. The second-order valence-electron chi connectivity index (χ2n) is 6.27. The lowest BCUT2D eigenvalue weighted by Gasteiger charge is -2.33. The highest BCUT2D eigenvalue weighted by molar-refractivity contribution is 5.84. The highest BCUT2D eigenvalue weighted by atomic mass is 16.1. The van der Waals surface area contributed by atoms with Crippen LogP contribution in [0.1, 0.15) is 37.3 Å². The van der Waals surface area contributed by atoms with Crippen LogP contribution in [0.2, 0.25) is 0 Å². The van der Waals surface area contributed by atoms with Crippen LogP contribution in [0.25, 0.3) is 0 Å². The first kappa shape index (κ1) is 15.8. The Balaban J connectivity index is 1.98. The van der Waals surface area contributed by atoms with E-state index >= 15 is 0 Å². The summed E-state index contributed by atoms with van der Waals surface area (Å²) in [6, 6.07) is 6.70. The average molecular weight is 289 g/mol. The Morgan fingerprint density at radius 1 is 1.48 bits per heavy atom. The molecule has 1 aromatic carbocycles. The molecule has 1 aliphatic rings. The van der Waals surface area contributed by atoms with E-state index in [0.29, 0.717) is 0 Å². The van der Waals surface area contributed by atoms with Gasteiger partial charge in [-0.3, -0.25) is 4.79 Å². The van der Waals surface area contributed by atoms with Gasteiger partial charge in [0.05, 0.1) is 5.54 Å². The summed E-state index contributed by atoms with van der Waals surface area (Å²) in [5.41, 5.74) is 9.01. The van der Waals surface area contributed by atoms with Gasteiger partial charge in [0, 0.05) is 18.8 Å². The van der Waals surface area contributed by atoms with E-state index in [9.17, 15) is 4.79 Å². The number of nitrogens with one attached hydrogen (secondary N) is 1. The van der Waals surface area contributed by atoms with Gasteiger partial charge in [0.1, 0.15) is 0 Å². The summed E-state index contributed by atoms with van der Waals surface area (Å²) < 4.78 is 0. The van der Waals surface area contributed by atoms with Gasteiger partial charge in [-0.1, -0.05) is 17.7 Å². The largest absolute Gasteiger partial charge is 0.371 e. The normalized spacial score (nSPS) is 17.2. The monoisotopic (exact) mass is 289 g/mol. The van der Waals surface area contributed by atoms with E-state index in [4.69, 9.17) is 5.73 Å². The smallest absolute Gasteiger partial charge is 0.237 e. The number of aryl methyl sites for hydroxylation is 2. The van der Waals surface area contributed by atoms with Gasteiger partial charge in [-0.25, -0.2) is 0 Å². The first-order chi connectivity index (χ1) is 9.96. The second-order valence-corrected chi connectivity index (χ2v) is 6.27. The number of amides is 1. The molecule has 0 bridgehead atoms. The predicted molar refractivity (Wildman–Crippen MR) is 87.6 cm³/mol. The number of likely N-dealkylation sites (N-methyl/N-ethyl adjacent to an activating group) is 1. The molecule has 0 radical (unpaired) electrons. The molecule has 1 aromatic rings. The van der Waals surface area contributed by atoms with Crippen LogP contribution in [0.15, 0.2) is 18.2 Å². The topological polar surface area (TPSA) is 58.4 Å². The third-order valence-electron chi connectivity index (χ3n) is 4.65. The number of fused-ring (bicyclic) bond motifs is 1. The fourth-order valence-corrected chi connectivity index (χ4v) is 3.03. The number of hydrogen-bond acceptors (Lipinski definition) is 3. The van der Waals surface area contributed by atoms with Gasteiger partial charge in [0.15, 0.2) is 0 Å². The molecule has 1 amide bonds. The zero-order valence-electron chi connectivity index (χ0n) is 13.4. The van der Waals surface area contributed by atoms with Crippen molar-refractivity contribution in [3.8, 4) is 0 Å². The van der Waals surface area contributed by atoms with Crippen molar-refractivity contribution >= 4 is 11.6 Å². The third kappa shape index (κ3) is 3.56. The number of rotatable bonds is 6. The molecule has 1 aliphatic heterocycles. The van der Waals surface area contributed by atoms with Crippen molar-refractivity contribution in [3.63, 3.8) is 0 Å². The molecule has 0 aromatic heterocycles. The Bertz CT molecular complexity index is 515. The molecule has 0 saturated heterocycles. The summed E-state index contributed by atoms with van der Waals surface area (Å²) >= 11 is 0. The highest BCUT2D eigenvalue weighted by Crippen LogP contribution is 2.28. The minimum Gasteiger partial charge on any atom is -0.371 e. The Hall–Kier alpha value is -1.55. The number of anilines is 1. The first-order valence-electron chi connectivity index (χ1n) is 7.79. The second kappa shape index (κ2) is 6.48. The quantitative estimate of drug-likeness (QED) is 0.842. The van der Waals surface area contributed by atoms with E-state index in [1.165, 1.54) is 29.7 Å². The van der Waals surface area contributed by atoms with Crippen LogP contribution in [-0.4, -0.2) is 31.6 Å². The van der Waals surface area contributed by atoms with Crippen LogP contribution in [0.4, 0.5) is 5.69 Å². The van der Waals surface area contributed by atoms with Gasteiger partial charge in [0.25, 0.3) is 0 Å². The fourth-order valence-electron chi connectivity index (χ4n) is 3.03. The van der Waals surface area contributed by atoms with E-state index in [1.54, 1.807) is 7.05 Å². The summed E-state index contributed by atoms with van der Waals surface area (Å²) in [5.74, 6) is -0.278. The molecule has 116 valence electrons. The summed E-state index contributed by atoms with van der Waals surface area (Å²) in [7, 11) is 1.80. The maximum Gasteiger partial charge on any atom is 0.237 e. The highest BCUT2D eigenvalue weighted by Gasteiger charge is 2.28. The molecule has 1 heterocycles. The average Bonchev–Trinajstić information content (AvgIpc) is 2.46. The van der Waals surface area contributed by atoms with Gasteiger partial charge < -0.3 is 16.0 Å². The lowest BCUT2D eigenvalue weighted by molar-refractivity contribution is -0.123. The SMILES string of the molecule is CNC(C)(CCCN1CCCc2cc(C)ccc21)C(N)=O. The minimum absolute atomic E-state index is 0.278. The molecular formula is C17H27N3O. The number of carbonyl (C=O) groups is 1. The number of primary amides is 1. The summed E-state index contributed by atoms with van der Waals surface area (Å²) in [6.45, 7) is 6.09. The van der Waals surface area contributed by atoms with Crippen LogP contribution in [-0.2, 0) is 11.2 Å². The molecule has 4 nitrogen and oxygen atoms in total. The molecule has 1 unspecified atom stereocenters. The number of nitrogens with two attached hydrogens (primary N) is 1. The lowest BCUT2D eigenvalue weighted by Crippen LogP contribution is -2.51. The Morgan fingerprint density at radius 2 is 2.24 bits per heavy atom. The standard InChI is InChI=1S/C17H27N3O/c1-13-7-8-15-14(12-13)6-4-10-20(15)11-5-9-17(2,19-3)16(18)21/h7-8,12,19H,4-6,9-11H2,1-3H3,(H2,18,21). The molecule has 21 heavy (non-hydrogen) atoms. The predicted octanol–water partition coefficient (Wildman–Crippen LogP) is 1.99. The van der Waals surface area contributed by atoms with Gasteiger partial charge >= 0.3 is 0 Å². The van der Waals surface area contributed by atoms with Crippen molar-refractivity contribution in [1.82, 2.24) is 5.32 Å². The van der Waals surface area contributed by atoms with Gasteiger partial charge in [-0.15, -0.1) is 0 Å². The molecule has 0 fully saturated rings. The maximum atomic E-state index is 11.5. The van der Waals surface area contributed by atoms with Crippen molar-refractivity contribution in [2.24, 2.45) is 5.73 Å². The van der Waals surface area contributed by atoms with E-state index in [1.807, 2.05) is 6.92 Å². The van der Waals surface area contributed by atoms with Crippen LogP contribution in [0, 0.1) is 6.92 Å². The Kier molecular flexibility index (Phi) is 4.88. The van der Waals surface area contributed by atoms with E-state index in [2.05, 4.69) is 35.3 Å². The summed E-state index contributed by atoms with van der Waals surface area (Å²) in [6.07, 6.45) is 4.09. The number of benzene rings is 1. The van der Waals surface area contributed by atoms with Crippen molar-refractivity contribution < 1.29 is 4.79 Å². The van der Waals surface area contributed by atoms with Crippen molar-refractivity contribution in [1.29, 1.82) is 0 Å².